The van der Waals surface area contributed by atoms with Crippen LogP contribution in [0, 0.1) is 0 Å². The molecule has 1 atom stereocenters. The van der Waals surface area contributed by atoms with Crippen molar-refractivity contribution >= 4 is 23.2 Å². The van der Waals surface area contributed by atoms with Crippen LogP contribution in [0.25, 0.3) is 0 Å². The lowest BCUT2D eigenvalue weighted by molar-refractivity contribution is -0.154. The van der Waals surface area contributed by atoms with Crippen molar-refractivity contribution in [1.82, 2.24) is 20.5 Å². The molecular formula is C15H15ClF3N5O3. The number of nitrogens with one attached hydrogen (secondary N) is 3. The van der Waals surface area contributed by atoms with Crippen molar-refractivity contribution in [2.75, 3.05) is 31.6 Å². The fourth-order valence-corrected chi connectivity index (χ4v) is 2.55. The number of carbonyl (C=O) groups is 1. The first-order chi connectivity index (χ1) is 12.8. The number of hydrogen-bond donors (Lipinski definition) is 3. The predicted molar refractivity (Wildman–Crippen MR) is 88.9 cm³/mol. The number of rotatable bonds is 5. The second-order valence-corrected chi connectivity index (χ2v) is 5.99. The van der Waals surface area contributed by atoms with Crippen LogP contribution in [-0.4, -0.2) is 53.6 Å². The molecule has 0 aliphatic carbocycles. The van der Waals surface area contributed by atoms with Gasteiger partial charge >= 0.3 is 6.18 Å². The molecule has 0 spiro atoms. The highest BCUT2D eigenvalue weighted by Crippen LogP contribution is 2.28. The molecule has 1 amide bonds. The molecule has 12 heteroatoms. The van der Waals surface area contributed by atoms with Gasteiger partial charge in [-0.1, -0.05) is 11.6 Å². The summed E-state index contributed by atoms with van der Waals surface area (Å²) in [5.74, 6) is -1.20. The van der Waals surface area contributed by atoms with Gasteiger partial charge in [-0.25, -0.2) is 0 Å². The zero-order valence-corrected chi connectivity index (χ0v) is 14.5. The van der Waals surface area contributed by atoms with Crippen LogP contribution in [0.2, 0.25) is 5.02 Å². The smallest absolute Gasteiger partial charge is 0.422 e. The van der Waals surface area contributed by atoms with Gasteiger partial charge in [0.05, 0.1) is 24.2 Å². The van der Waals surface area contributed by atoms with Gasteiger partial charge in [0.2, 0.25) is 0 Å². The van der Waals surface area contributed by atoms with Gasteiger partial charge in [-0.15, -0.1) is 5.10 Å². The molecule has 0 unspecified atom stereocenters. The van der Waals surface area contributed by atoms with E-state index < -0.39 is 24.6 Å². The average molecular weight is 406 g/mol. The molecule has 2 aromatic heterocycles. The molecular weight excluding hydrogens is 391 g/mol. The highest BCUT2D eigenvalue weighted by molar-refractivity contribution is 6.35. The Kier molecular flexibility index (Phi) is 5.82. The number of alkyl halides is 3. The lowest BCUT2D eigenvalue weighted by Gasteiger charge is -2.23. The van der Waals surface area contributed by atoms with Crippen LogP contribution in [-0.2, 0) is 4.74 Å². The number of amides is 1. The Balaban J connectivity index is 1.62. The predicted octanol–water partition coefficient (Wildman–Crippen LogP) is 2.31. The molecule has 0 bridgehead atoms. The average Bonchev–Trinajstić information content (AvgIpc) is 3.01. The van der Waals surface area contributed by atoms with Crippen molar-refractivity contribution in [2.24, 2.45) is 0 Å². The Hall–Kier alpha value is -2.37. The van der Waals surface area contributed by atoms with Crippen molar-refractivity contribution < 1.29 is 27.4 Å². The van der Waals surface area contributed by atoms with Gasteiger partial charge in [0, 0.05) is 13.1 Å². The first kappa shape index (κ1) is 19.4. The fraction of sp³-hybridized carbons (Fsp3) is 0.400. The summed E-state index contributed by atoms with van der Waals surface area (Å²) in [5.41, 5.74) is 0.858. The fourth-order valence-electron chi connectivity index (χ4n) is 2.33. The van der Waals surface area contributed by atoms with E-state index in [1.807, 2.05) is 0 Å². The van der Waals surface area contributed by atoms with E-state index in [0.717, 1.165) is 6.54 Å². The van der Waals surface area contributed by atoms with Crippen molar-refractivity contribution in [3.05, 3.63) is 34.7 Å². The number of nitrogens with zero attached hydrogens (tertiary/aromatic N) is 2. The number of ether oxygens (including phenoxy) is 2. The Bertz CT molecular complexity index is 791. The Morgan fingerprint density at radius 2 is 2.26 bits per heavy atom. The van der Waals surface area contributed by atoms with Gasteiger partial charge in [-0.3, -0.25) is 14.9 Å². The van der Waals surface area contributed by atoms with Gasteiger partial charge in [0.1, 0.15) is 16.8 Å². The molecule has 1 fully saturated rings. The largest absolute Gasteiger partial charge is 0.466 e. The maximum atomic E-state index is 12.2. The Labute approximate surface area is 156 Å². The summed E-state index contributed by atoms with van der Waals surface area (Å²) >= 11 is 5.86. The lowest BCUT2D eigenvalue weighted by atomic mass is 10.2. The monoisotopic (exact) mass is 405 g/mol. The Morgan fingerprint density at radius 3 is 2.89 bits per heavy atom. The van der Waals surface area contributed by atoms with Crippen LogP contribution >= 0.6 is 11.6 Å². The molecule has 146 valence electrons. The summed E-state index contributed by atoms with van der Waals surface area (Å²) in [6.07, 6.45) is -3.27. The van der Waals surface area contributed by atoms with Gasteiger partial charge in [-0.2, -0.15) is 13.2 Å². The molecule has 1 aliphatic heterocycles. The van der Waals surface area contributed by atoms with Crippen LogP contribution < -0.4 is 15.4 Å². The molecule has 0 saturated carbocycles. The van der Waals surface area contributed by atoms with Crippen molar-refractivity contribution in [1.29, 1.82) is 0 Å². The second kappa shape index (κ2) is 8.11. The summed E-state index contributed by atoms with van der Waals surface area (Å²) < 4.78 is 46.6. The van der Waals surface area contributed by atoms with E-state index in [2.05, 4.69) is 30.6 Å². The van der Waals surface area contributed by atoms with E-state index in [1.54, 1.807) is 12.1 Å². The molecule has 8 nitrogen and oxygen atoms in total. The third kappa shape index (κ3) is 5.08. The van der Waals surface area contributed by atoms with Crippen LogP contribution in [0.15, 0.2) is 18.3 Å². The van der Waals surface area contributed by atoms with Crippen molar-refractivity contribution in [3.8, 4) is 5.88 Å². The summed E-state index contributed by atoms with van der Waals surface area (Å²) in [5, 5.41) is 11.1. The van der Waals surface area contributed by atoms with E-state index in [9.17, 15) is 18.0 Å². The number of carbonyl (C=O) groups excluding carboxylic acids is 1. The van der Waals surface area contributed by atoms with Gasteiger partial charge in [-0.05, 0) is 12.1 Å². The highest BCUT2D eigenvalue weighted by Gasteiger charge is 2.30. The minimum absolute atomic E-state index is 0.168. The quantitative estimate of drug-likeness (QED) is 0.705. The first-order valence-electron chi connectivity index (χ1n) is 7.86. The minimum atomic E-state index is -4.55. The maximum Gasteiger partial charge on any atom is 0.422 e. The Morgan fingerprint density at radius 1 is 1.44 bits per heavy atom. The van der Waals surface area contributed by atoms with E-state index in [-0.39, 0.29) is 16.8 Å². The number of pyridine rings is 1. The normalized spacial score (nSPS) is 17.6. The molecule has 0 aromatic carbocycles. The molecule has 1 aliphatic rings. The van der Waals surface area contributed by atoms with E-state index >= 15 is 0 Å². The molecule has 1 saturated heterocycles. The van der Waals surface area contributed by atoms with Gasteiger partial charge in [0.25, 0.3) is 11.8 Å². The zero-order chi connectivity index (χ0) is 19.4. The molecule has 27 heavy (non-hydrogen) atoms. The van der Waals surface area contributed by atoms with E-state index in [4.69, 9.17) is 16.3 Å². The summed E-state index contributed by atoms with van der Waals surface area (Å²) in [6.45, 7) is 0.442. The molecule has 3 rings (SSSR count). The van der Waals surface area contributed by atoms with E-state index in [1.165, 1.54) is 6.20 Å². The van der Waals surface area contributed by atoms with Crippen LogP contribution in [0.4, 0.5) is 18.9 Å². The second-order valence-electron chi connectivity index (χ2n) is 5.61. The number of hydrogen-bond acceptors (Lipinski definition) is 6. The lowest BCUT2D eigenvalue weighted by Crippen LogP contribution is -2.33. The van der Waals surface area contributed by atoms with Gasteiger partial charge < -0.3 is 20.1 Å². The topological polar surface area (TPSA) is 101 Å². The minimum Gasteiger partial charge on any atom is -0.466 e. The summed E-state index contributed by atoms with van der Waals surface area (Å²) in [6, 6.07) is 3.34. The number of anilines is 1. The number of halogens is 4. The number of aromatic amines is 1. The number of aromatic nitrogens is 3. The third-order valence-electron chi connectivity index (χ3n) is 3.58. The third-order valence-corrected chi connectivity index (χ3v) is 3.93. The first-order valence-corrected chi connectivity index (χ1v) is 8.24. The van der Waals surface area contributed by atoms with Crippen molar-refractivity contribution in [3.63, 3.8) is 0 Å². The maximum absolute atomic E-state index is 12.2. The van der Waals surface area contributed by atoms with Crippen molar-refractivity contribution in [2.45, 2.75) is 12.3 Å². The SMILES string of the molecule is O=C(Nc1ccc([C@H]2CNCCO2)nc1)c1[nH]nc(OCC(F)(F)F)c1Cl. The molecule has 3 N–H and O–H groups in total. The highest BCUT2D eigenvalue weighted by atomic mass is 35.5. The van der Waals surface area contributed by atoms with Crippen LogP contribution in [0.3, 0.4) is 0 Å². The number of H-pyrrole nitrogens is 1. The number of morpholine rings is 1. The van der Waals surface area contributed by atoms with E-state index in [0.29, 0.717) is 24.5 Å². The molecule has 0 radical (unpaired) electrons. The standard InChI is InChI=1S/C15H15ClF3N5O3/c16-11-12(23-24-14(11)27-7-15(17,18)19)13(25)22-8-1-2-9(21-5-8)10-6-20-3-4-26-10/h1-2,5,10,20H,3-4,6-7H2,(H,22,25)(H,23,24)/t10-/m1/s1. The summed E-state index contributed by atoms with van der Waals surface area (Å²) in [7, 11) is 0. The van der Waals surface area contributed by atoms with Crippen LogP contribution in [0.5, 0.6) is 5.88 Å². The molecule has 2 aromatic rings. The van der Waals surface area contributed by atoms with Crippen LogP contribution in [0.1, 0.15) is 22.3 Å². The summed E-state index contributed by atoms with van der Waals surface area (Å²) in [4.78, 5) is 16.5. The molecule has 3 heterocycles. The zero-order valence-electron chi connectivity index (χ0n) is 13.8. The van der Waals surface area contributed by atoms with Gasteiger partial charge in [0.15, 0.2) is 6.61 Å².